The molecule has 4 rings (SSSR count). The number of carboxylic acids is 1. The fourth-order valence-corrected chi connectivity index (χ4v) is 5.40. The van der Waals surface area contributed by atoms with Gasteiger partial charge in [0.1, 0.15) is 23.9 Å². The molecule has 3 aromatic carbocycles. The number of hydrogen-bond donors (Lipinski definition) is 1. The SMILES string of the molecule is CCC[C@H](CC(=O)O)c1cccc(OCc2cc(C3CCCC3)c(-c3ccccc3F)cc2OC)c1. The van der Waals surface area contributed by atoms with Crippen molar-refractivity contribution in [2.45, 2.75) is 70.3 Å². The van der Waals surface area contributed by atoms with E-state index < -0.39 is 5.97 Å². The summed E-state index contributed by atoms with van der Waals surface area (Å²) >= 11 is 0. The van der Waals surface area contributed by atoms with E-state index in [0.717, 1.165) is 47.9 Å². The molecule has 0 aliphatic heterocycles. The topological polar surface area (TPSA) is 55.8 Å². The molecule has 5 heteroatoms. The van der Waals surface area contributed by atoms with Gasteiger partial charge in [-0.2, -0.15) is 0 Å². The standard InChI is InChI=1S/C31H35FO4/c1-3-9-22(18-31(33)34)23-12-8-13-25(16-23)36-20-24-17-27(21-10-4-5-11-21)28(19-30(24)35-2)26-14-6-7-15-29(26)32/h6-8,12-17,19,21-22H,3-5,9-11,18,20H2,1-2H3,(H,33,34)/t22-/m1/s1. The van der Waals surface area contributed by atoms with Gasteiger partial charge < -0.3 is 14.6 Å². The van der Waals surface area contributed by atoms with E-state index in [9.17, 15) is 14.3 Å². The molecule has 1 fully saturated rings. The molecule has 190 valence electrons. The van der Waals surface area contributed by atoms with Crippen LogP contribution in [0.4, 0.5) is 4.39 Å². The second kappa shape index (κ2) is 12.1. The number of carboxylic acid groups (broad SMARTS) is 1. The van der Waals surface area contributed by atoms with E-state index in [4.69, 9.17) is 9.47 Å². The minimum atomic E-state index is -0.793. The normalized spacial score (nSPS) is 14.5. The second-order valence-electron chi connectivity index (χ2n) is 9.66. The molecule has 1 aliphatic carbocycles. The molecule has 0 saturated heterocycles. The predicted molar refractivity (Wildman–Crippen MR) is 140 cm³/mol. The van der Waals surface area contributed by atoms with Crippen molar-refractivity contribution in [3.8, 4) is 22.6 Å². The second-order valence-corrected chi connectivity index (χ2v) is 9.66. The van der Waals surface area contributed by atoms with E-state index in [-0.39, 0.29) is 18.2 Å². The van der Waals surface area contributed by atoms with Crippen LogP contribution < -0.4 is 9.47 Å². The summed E-state index contributed by atoms with van der Waals surface area (Å²) in [7, 11) is 1.63. The third-order valence-corrected chi connectivity index (χ3v) is 7.19. The number of hydrogen-bond acceptors (Lipinski definition) is 3. The summed E-state index contributed by atoms with van der Waals surface area (Å²) in [5.74, 6) is 0.682. The Morgan fingerprint density at radius 3 is 2.53 bits per heavy atom. The third-order valence-electron chi connectivity index (χ3n) is 7.19. The molecule has 4 nitrogen and oxygen atoms in total. The van der Waals surface area contributed by atoms with E-state index in [1.165, 1.54) is 18.9 Å². The molecule has 1 atom stereocenters. The monoisotopic (exact) mass is 490 g/mol. The number of aliphatic carboxylic acids is 1. The van der Waals surface area contributed by atoms with Crippen LogP contribution >= 0.6 is 0 Å². The van der Waals surface area contributed by atoms with Crippen molar-refractivity contribution in [3.05, 3.63) is 83.2 Å². The summed E-state index contributed by atoms with van der Waals surface area (Å²) < 4.78 is 26.7. The predicted octanol–water partition coefficient (Wildman–Crippen LogP) is 8.10. The van der Waals surface area contributed by atoms with Crippen LogP contribution in [0.15, 0.2) is 60.7 Å². The number of benzene rings is 3. The van der Waals surface area contributed by atoms with Crippen LogP contribution in [0, 0.1) is 5.82 Å². The fourth-order valence-electron chi connectivity index (χ4n) is 5.40. The van der Waals surface area contributed by atoms with Crippen LogP contribution in [0.2, 0.25) is 0 Å². The first-order chi connectivity index (χ1) is 17.5. The van der Waals surface area contributed by atoms with Gasteiger partial charge in [-0.15, -0.1) is 0 Å². The molecule has 0 unspecified atom stereocenters. The summed E-state index contributed by atoms with van der Waals surface area (Å²) in [5, 5.41) is 9.32. The summed E-state index contributed by atoms with van der Waals surface area (Å²) in [6.45, 7) is 2.37. The molecular formula is C31H35FO4. The maximum Gasteiger partial charge on any atom is 0.303 e. The molecule has 0 heterocycles. The van der Waals surface area contributed by atoms with Crippen LogP contribution in [0.1, 0.15) is 80.4 Å². The molecule has 36 heavy (non-hydrogen) atoms. The maximum absolute atomic E-state index is 14.8. The quantitative estimate of drug-likeness (QED) is 0.295. The van der Waals surface area contributed by atoms with Gasteiger partial charge >= 0.3 is 5.97 Å². The third kappa shape index (κ3) is 6.07. The maximum atomic E-state index is 14.8. The first kappa shape index (κ1) is 25.7. The zero-order chi connectivity index (χ0) is 25.5. The minimum Gasteiger partial charge on any atom is -0.496 e. The zero-order valence-electron chi connectivity index (χ0n) is 21.1. The van der Waals surface area contributed by atoms with Crippen molar-refractivity contribution in [1.29, 1.82) is 0 Å². The Labute approximate surface area is 213 Å². The van der Waals surface area contributed by atoms with Gasteiger partial charge in [-0.3, -0.25) is 4.79 Å². The molecule has 0 spiro atoms. The van der Waals surface area contributed by atoms with Crippen molar-refractivity contribution in [3.63, 3.8) is 0 Å². The molecule has 0 bridgehead atoms. The molecular weight excluding hydrogens is 455 g/mol. The van der Waals surface area contributed by atoms with E-state index in [2.05, 4.69) is 13.0 Å². The van der Waals surface area contributed by atoms with Gasteiger partial charge in [0.2, 0.25) is 0 Å². The molecule has 0 aromatic heterocycles. The molecule has 0 radical (unpaired) electrons. The Balaban J connectivity index is 1.63. The highest BCUT2D eigenvalue weighted by atomic mass is 19.1. The first-order valence-corrected chi connectivity index (χ1v) is 12.9. The van der Waals surface area contributed by atoms with Crippen LogP contribution in [-0.4, -0.2) is 18.2 Å². The van der Waals surface area contributed by atoms with E-state index in [1.54, 1.807) is 13.2 Å². The fraction of sp³-hybridized carbons (Fsp3) is 0.387. The Kier molecular flexibility index (Phi) is 8.63. The van der Waals surface area contributed by atoms with Crippen molar-refractivity contribution in [2.24, 2.45) is 0 Å². The number of rotatable bonds is 11. The lowest BCUT2D eigenvalue weighted by Gasteiger charge is -2.21. The summed E-state index contributed by atoms with van der Waals surface area (Å²) in [5.41, 5.74) is 4.53. The Morgan fingerprint density at radius 2 is 1.83 bits per heavy atom. The van der Waals surface area contributed by atoms with Crippen molar-refractivity contribution >= 4 is 5.97 Å². The van der Waals surface area contributed by atoms with Gasteiger partial charge in [-0.1, -0.05) is 56.5 Å². The van der Waals surface area contributed by atoms with Gasteiger partial charge in [0.15, 0.2) is 0 Å². The van der Waals surface area contributed by atoms with Gasteiger partial charge in [-0.05, 0) is 78.1 Å². The first-order valence-electron chi connectivity index (χ1n) is 12.9. The number of methoxy groups -OCH3 is 1. The lowest BCUT2D eigenvalue weighted by Crippen LogP contribution is -2.07. The molecule has 1 N–H and O–H groups in total. The van der Waals surface area contributed by atoms with Crippen LogP contribution in [0.3, 0.4) is 0 Å². The van der Waals surface area contributed by atoms with Crippen LogP contribution in [-0.2, 0) is 11.4 Å². The van der Waals surface area contributed by atoms with Crippen LogP contribution in [0.5, 0.6) is 11.5 Å². The Morgan fingerprint density at radius 1 is 1.06 bits per heavy atom. The minimum absolute atomic E-state index is 0.0420. The van der Waals surface area contributed by atoms with Gasteiger partial charge in [0.05, 0.1) is 13.5 Å². The number of carbonyl (C=O) groups is 1. The average Bonchev–Trinajstić information content (AvgIpc) is 3.42. The average molecular weight is 491 g/mol. The van der Waals surface area contributed by atoms with Crippen molar-refractivity contribution in [1.82, 2.24) is 0 Å². The van der Waals surface area contributed by atoms with Gasteiger partial charge in [0, 0.05) is 11.1 Å². The highest BCUT2D eigenvalue weighted by molar-refractivity contribution is 5.71. The number of halogens is 1. The lowest BCUT2D eigenvalue weighted by atomic mass is 9.87. The van der Waals surface area contributed by atoms with E-state index in [0.29, 0.717) is 29.6 Å². The Hall–Kier alpha value is -3.34. The lowest BCUT2D eigenvalue weighted by molar-refractivity contribution is -0.137. The zero-order valence-corrected chi connectivity index (χ0v) is 21.1. The highest BCUT2D eigenvalue weighted by Crippen LogP contribution is 2.43. The van der Waals surface area contributed by atoms with Crippen molar-refractivity contribution < 1.29 is 23.8 Å². The van der Waals surface area contributed by atoms with Crippen molar-refractivity contribution in [2.75, 3.05) is 7.11 Å². The summed E-state index contributed by atoms with van der Waals surface area (Å²) in [6, 6.07) is 18.7. The molecule has 3 aromatic rings. The smallest absolute Gasteiger partial charge is 0.303 e. The van der Waals surface area contributed by atoms with Gasteiger partial charge in [-0.25, -0.2) is 4.39 Å². The molecule has 1 aliphatic rings. The van der Waals surface area contributed by atoms with Crippen LogP contribution in [0.25, 0.3) is 11.1 Å². The Bertz CT molecular complexity index is 1180. The largest absolute Gasteiger partial charge is 0.496 e. The number of ether oxygens (including phenoxy) is 2. The highest BCUT2D eigenvalue weighted by Gasteiger charge is 2.24. The van der Waals surface area contributed by atoms with E-state index >= 15 is 0 Å². The van der Waals surface area contributed by atoms with E-state index in [1.807, 2.05) is 42.5 Å². The molecule has 1 saturated carbocycles. The summed E-state index contributed by atoms with van der Waals surface area (Å²) in [6.07, 6.45) is 6.39. The molecule has 0 amide bonds. The summed E-state index contributed by atoms with van der Waals surface area (Å²) in [4.78, 5) is 11.3. The van der Waals surface area contributed by atoms with Gasteiger partial charge in [0.25, 0.3) is 0 Å².